The normalized spacial score (nSPS) is 23.5. The molecule has 0 unspecified atom stereocenters. The summed E-state index contributed by atoms with van der Waals surface area (Å²) in [5, 5.41) is 0. The van der Waals surface area contributed by atoms with Crippen LogP contribution in [0, 0.1) is 0 Å². The highest BCUT2D eigenvalue weighted by atomic mass is 32.2. The molecule has 0 aromatic carbocycles. The van der Waals surface area contributed by atoms with Crippen molar-refractivity contribution in [1.29, 1.82) is 0 Å². The highest BCUT2D eigenvalue weighted by Crippen LogP contribution is 2.20. The summed E-state index contributed by atoms with van der Waals surface area (Å²) < 4.78 is 32.8. The number of piperazine rings is 1. The SMILES string of the molecule is CC[N+]1(CC)CC[N+](CC)(CS(=O)(=O)O)CC1. The van der Waals surface area contributed by atoms with Gasteiger partial charge in [0.25, 0.3) is 0 Å². The second-order valence-electron chi connectivity index (χ2n) is 5.24. The molecule has 102 valence electrons. The molecule has 1 rings (SSSR count). The van der Waals surface area contributed by atoms with Crippen molar-refractivity contribution in [2.75, 3.05) is 51.7 Å². The van der Waals surface area contributed by atoms with E-state index in [1.807, 2.05) is 6.92 Å². The first-order valence-corrected chi connectivity index (χ1v) is 8.06. The molecule has 17 heavy (non-hydrogen) atoms. The molecule has 0 aliphatic carbocycles. The smallest absolute Gasteiger partial charge is 0.315 e. The van der Waals surface area contributed by atoms with Gasteiger partial charge in [-0.1, -0.05) is 0 Å². The number of quaternary nitrogens is 2. The van der Waals surface area contributed by atoms with Crippen LogP contribution < -0.4 is 0 Å². The highest BCUT2D eigenvalue weighted by molar-refractivity contribution is 7.85. The molecule has 0 bridgehead atoms. The standard InChI is InChI=1S/C11H25N2O3S/c1-4-12(5-2)7-9-13(6-3,10-8-12)11-17(14,15)16/h4-11H2,1-3H3/q+1/p+1. The second kappa shape index (κ2) is 5.22. The summed E-state index contributed by atoms with van der Waals surface area (Å²) in [7, 11) is -3.88. The molecule has 0 spiro atoms. The third-order valence-electron chi connectivity index (χ3n) is 4.55. The summed E-state index contributed by atoms with van der Waals surface area (Å²) in [6.07, 6.45) is 0. The molecule has 0 aromatic rings. The van der Waals surface area contributed by atoms with Crippen LogP contribution in [0.2, 0.25) is 0 Å². The molecule has 1 N–H and O–H groups in total. The molecule has 1 fully saturated rings. The number of hydrogen-bond donors (Lipinski definition) is 1. The van der Waals surface area contributed by atoms with Crippen LogP contribution in [0.5, 0.6) is 0 Å². The maximum atomic E-state index is 11.1. The summed E-state index contributed by atoms with van der Waals surface area (Å²) in [6, 6.07) is 0. The zero-order valence-electron chi connectivity index (χ0n) is 11.2. The van der Waals surface area contributed by atoms with E-state index in [9.17, 15) is 8.42 Å². The van der Waals surface area contributed by atoms with Crippen molar-refractivity contribution in [3.05, 3.63) is 0 Å². The van der Waals surface area contributed by atoms with E-state index in [1.165, 1.54) is 0 Å². The van der Waals surface area contributed by atoms with Crippen LogP contribution in [0.1, 0.15) is 20.8 Å². The van der Waals surface area contributed by atoms with Crippen molar-refractivity contribution in [3.8, 4) is 0 Å². The van der Waals surface area contributed by atoms with Crippen molar-refractivity contribution in [2.45, 2.75) is 20.8 Å². The maximum absolute atomic E-state index is 11.1. The van der Waals surface area contributed by atoms with Gasteiger partial charge in [-0.2, -0.15) is 8.42 Å². The average Bonchev–Trinajstić information content (AvgIpc) is 2.29. The van der Waals surface area contributed by atoms with Crippen LogP contribution in [0.3, 0.4) is 0 Å². The summed E-state index contributed by atoms with van der Waals surface area (Å²) in [4.78, 5) is 0. The topological polar surface area (TPSA) is 54.4 Å². The van der Waals surface area contributed by atoms with Crippen LogP contribution in [0.25, 0.3) is 0 Å². The van der Waals surface area contributed by atoms with Crippen molar-refractivity contribution in [1.82, 2.24) is 0 Å². The van der Waals surface area contributed by atoms with E-state index >= 15 is 0 Å². The predicted molar refractivity (Wildman–Crippen MR) is 68.0 cm³/mol. The van der Waals surface area contributed by atoms with Gasteiger partial charge in [0.2, 0.25) is 5.88 Å². The zero-order chi connectivity index (χ0) is 13.2. The Morgan fingerprint density at radius 2 is 1.24 bits per heavy atom. The van der Waals surface area contributed by atoms with E-state index in [-0.39, 0.29) is 5.88 Å². The fourth-order valence-corrected chi connectivity index (χ4v) is 3.94. The van der Waals surface area contributed by atoms with Gasteiger partial charge >= 0.3 is 10.1 Å². The van der Waals surface area contributed by atoms with E-state index in [0.29, 0.717) is 4.48 Å². The first-order valence-electron chi connectivity index (χ1n) is 6.46. The van der Waals surface area contributed by atoms with Crippen molar-refractivity contribution in [2.24, 2.45) is 0 Å². The Kier molecular flexibility index (Phi) is 4.57. The zero-order valence-corrected chi connectivity index (χ0v) is 12.0. The third kappa shape index (κ3) is 3.64. The molecule has 0 atom stereocenters. The molecule has 6 heteroatoms. The Morgan fingerprint density at radius 3 is 1.53 bits per heavy atom. The second-order valence-corrected chi connectivity index (χ2v) is 6.66. The summed E-state index contributed by atoms with van der Waals surface area (Å²) >= 11 is 0. The lowest BCUT2D eigenvalue weighted by molar-refractivity contribution is -1.02. The van der Waals surface area contributed by atoms with Crippen molar-refractivity contribution in [3.63, 3.8) is 0 Å². The van der Waals surface area contributed by atoms with E-state index in [0.717, 1.165) is 50.3 Å². The van der Waals surface area contributed by atoms with Gasteiger partial charge in [0, 0.05) is 0 Å². The Hall–Kier alpha value is -0.170. The van der Waals surface area contributed by atoms with Gasteiger partial charge in [-0.15, -0.1) is 0 Å². The fraction of sp³-hybridized carbons (Fsp3) is 1.00. The molecular formula is C11H26N2O3S+2. The lowest BCUT2D eigenvalue weighted by atomic mass is 10.2. The van der Waals surface area contributed by atoms with Gasteiger partial charge in [0.05, 0.1) is 19.6 Å². The van der Waals surface area contributed by atoms with E-state index in [1.54, 1.807) is 0 Å². The Morgan fingerprint density at radius 1 is 0.882 bits per heavy atom. The molecule has 1 aliphatic rings. The first kappa shape index (κ1) is 14.9. The lowest BCUT2D eigenvalue weighted by Gasteiger charge is -2.48. The summed E-state index contributed by atoms with van der Waals surface area (Å²) in [6.45, 7) is 13.1. The minimum absolute atomic E-state index is 0.128. The van der Waals surface area contributed by atoms with E-state index in [2.05, 4.69) is 13.8 Å². The molecule has 0 amide bonds. The summed E-state index contributed by atoms with van der Waals surface area (Å²) in [5.74, 6) is -0.128. The van der Waals surface area contributed by atoms with Crippen LogP contribution in [-0.2, 0) is 10.1 Å². The quantitative estimate of drug-likeness (QED) is 0.584. The van der Waals surface area contributed by atoms with Crippen molar-refractivity contribution < 1.29 is 21.9 Å². The van der Waals surface area contributed by atoms with Gasteiger partial charge in [-0.3, -0.25) is 9.04 Å². The Bertz CT molecular complexity index is 340. The van der Waals surface area contributed by atoms with Gasteiger partial charge in [-0.25, -0.2) is 0 Å². The number of hydrogen-bond acceptors (Lipinski definition) is 2. The van der Waals surface area contributed by atoms with Crippen LogP contribution in [-0.4, -0.2) is 73.6 Å². The molecular weight excluding hydrogens is 240 g/mol. The maximum Gasteiger partial charge on any atom is 0.316 e. The summed E-state index contributed by atoms with van der Waals surface area (Å²) in [5.41, 5.74) is 0. The predicted octanol–water partition coefficient (Wildman–Crippen LogP) is 0.539. The average molecular weight is 266 g/mol. The number of likely N-dealkylation sites (N-methyl/N-ethyl adjacent to an activating group) is 2. The minimum atomic E-state index is -3.88. The van der Waals surface area contributed by atoms with Crippen LogP contribution >= 0.6 is 0 Å². The molecule has 1 saturated heterocycles. The van der Waals surface area contributed by atoms with Crippen LogP contribution in [0.4, 0.5) is 0 Å². The van der Waals surface area contributed by atoms with E-state index in [4.69, 9.17) is 4.55 Å². The lowest BCUT2D eigenvalue weighted by Crippen LogP contribution is -2.67. The highest BCUT2D eigenvalue weighted by Gasteiger charge is 2.41. The number of rotatable bonds is 5. The molecule has 0 saturated carbocycles. The monoisotopic (exact) mass is 266 g/mol. The Labute approximate surface area is 105 Å². The van der Waals surface area contributed by atoms with Crippen molar-refractivity contribution >= 4 is 10.1 Å². The van der Waals surface area contributed by atoms with E-state index < -0.39 is 10.1 Å². The molecule has 0 radical (unpaired) electrons. The fourth-order valence-electron chi connectivity index (χ4n) is 2.81. The van der Waals surface area contributed by atoms with Gasteiger partial charge in [0.1, 0.15) is 26.2 Å². The molecule has 5 nitrogen and oxygen atoms in total. The van der Waals surface area contributed by atoms with Crippen LogP contribution in [0.15, 0.2) is 0 Å². The first-order chi connectivity index (χ1) is 7.80. The molecule has 1 aliphatic heterocycles. The molecule has 0 aromatic heterocycles. The van der Waals surface area contributed by atoms with Gasteiger partial charge in [-0.05, 0) is 20.8 Å². The van der Waals surface area contributed by atoms with Gasteiger partial charge < -0.3 is 4.48 Å². The molecule has 1 heterocycles. The minimum Gasteiger partial charge on any atom is -0.315 e. The van der Waals surface area contributed by atoms with Gasteiger partial charge in [0.15, 0.2) is 0 Å². The Balaban J connectivity index is 2.76. The largest absolute Gasteiger partial charge is 0.316 e. The number of nitrogens with zero attached hydrogens (tertiary/aromatic N) is 2. The third-order valence-corrected chi connectivity index (χ3v) is 5.42.